The van der Waals surface area contributed by atoms with Gasteiger partial charge in [-0.3, -0.25) is 10.1 Å². The van der Waals surface area contributed by atoms with E-state index in [1.54, 1.807) is 32.9 Å². The third-order valence-corrected chi connectivity index (χ3v) is 5.62. The van der Waals surface area contributed by atoms with Crippen LogP contribution in [-0.4, -0.2) is 26.5 Å². The molecule has 0 radical (unpaired) electrons. The molecule has 1 amide bonds. The molecular weight excluding hydrogens is 569 g/mol. The Morgan fingerprint density at radius 1 is 1.08 bits per heavy atom. The standard InChI is InChI=1S/C26H22BrF3N4O4/c1-14-7-15(9-16(8-14)22-12-31-13-37-22)19-11-20(32-24(36)38-25(2,3)4)23(35)34(33-19)21-10-17(27)5-6-18(21)26(28,29)30/h5-13H,1-4H3,(H,32,36). The molecule has 198 valence electrons. The molecular formula is C26H22BrF3N4O4. The zero-order valence-electron chi connectivity index (χ0n) is 20.7. The van der Waals surface area contributed by atoms with Crippen molar-refractivity contribution in [1.82, 2.24) is 14.8 Å². The van der Waals surface area contributed by atoms with Crippen LogP contribution in [0.1, 0.15) is 31.9 Å². The number of alkyl halides is 3. The molecule has 1 N–H and O–H groups in total. The largest absolute Gasteiger partial charge is 0.444 e. The van der Waals surface area contributed by atoms with Crippen LogP contribution >= 0.6 is 15.9 Å². The molecule has 0 unspecified atom stereocenters. The Balaban J connectivity index is 1.96. The van der Waals surface area contributed by atoms with Gasteiger partial charge in [0.25, 0.3) is 5.56 Å². The highest BCUT2D eigenvalue weighted by molar-refractivity contribution is 9.10. The second-order valence-electron chi connectivity index (χ2n) is 9.40. The minimum atomic E-state index is -4.78. The van der Waals surface area contributed by atoms with Gasteiger partial charge in [0.15, 0.2) is 12.2 Å². The van der Waals surface area contributed by atoms with E-state index < -0.39 is 34.7 Å². The summed E-state index contributed by atoms with van der Waals surface area (Å²) in [5.74, 6) is 0.460. The second kappa shape index (κ2) is 10.1. The van der Waals surface area contributed by atoms with Crippen molar-refractivity contribution < 1.29 is 27.1 Å². The van der Waals surface area contributed by atoms with Gasteiger partial charge in [-0.25, -0.2) is 9.78 Å². The SMILES string of the molecule is Cc1cc(-c2cc(NC(=O)OC(C)(C)C)c(=O)n(-c3cc(Br)ccc3C(F)(F)F)n2)cc(-c2cnco2)c1. The molecule has 0 atom stereocenters. The zero-order chi connectivity index (χ0) is 27.8. The molecule has 0 saturated heterocycles. The van der Waals surface area contributed by atoms with Gasteiger partial charge in [-0.15, -0.1) is 0 Å². The van der Waals surface area contributed by atoms with Crippen LogP contribution in [0.25, 0.3) is 28.3 Å². The van der Waals surface area contributed by atoms with Crippen LogP contribution in [0.5, 0.6) is 0 Å². The molecule has 12 heteroatoms. The molecule has 8 nitrogen and oxygen atoms in total. The van der Waals surface area contributed by atoms with Crippen LogP contribution in [0.3, 0.4) is 0 Å². The van der Waals surface area contributed by atoms with Crippen molar-refractivity contribution in [2.75, 3.05) is 5.32 Å². The molecule has 0 aliphatic carbocycles. The van der Waals surface area contributed by atoms with E-state index in [0.29, 0.717) is 26.0 Å². The number of benzene rings is 2. The van der Waals surface area contributed by atoms with Crippen molar-refractivity contribution in [3.8, 4) is 28.3 Å². The summed E-state index contributed by atoms with van der Waals surface area (Å²) >= 11 is 3.16. The number of aromatic nitrogens is 3. The normalized spacial score (nSPS) is 11.9. The van der Waals surface area contributed by atoms with Crippen LogP contribution in [0.2, 0.25) is 0 Å². The number of aryl methyl sites for hydroxylation is 1. The van der Waals surface area contributed by atoms with Gasteiger partial charge in [0.1, 0.15) is 11.3 Å². The van der Waals surface area contributed by atoms with E-state index in [4.69, 9.17) is 9.15 Å². The lowest BCUT2D eigenvalue weighted by Gasteiger charge is -2.20. The quantitative estimate of drug-likeness (QED) is 0.275. The molecule has 0 bridgehead atoms. The number of halogens is 4. The lowest BCUT2D eigenvalue weighted by atomic mass is 10.0. The van der Waals surface area contributed by atoms with Crippen LogP contribution in [0, 0.1) is 6.92 Å². The van der Waals surface area contributed by atoms with E-state index in [-0.39, 0.29) is 11.4 Å². The molecule has 0 saturated carbocycles. The first kappa shape index (κ1) is 27.1. The number of carbonyl (C=O) groups is 1. The molecule has 0 spiro atoms. The van der Waals surface area contributed by atoms with Crippen molar-refractivity contribution in [2.45, 2.75) is 39.5 Å². The topological polar surface area (TPSA) is 99.2 Å². The summed E-state index contributed by atoms with van der Waals surface area (Å²) in [6.45, 7) is 6.72. The number of anilines is 1. The fraction of sp³-hybridized carbons (Fsp3) is 0.231. The predicted octanol–water partition coefficient (Wildman–Crippen LogP) is 6.99. The smallest absolute Gasteiger partial charge is 0.418 e. The number of ether oxygens (including phenoxy) is 1. The van der Waals surface area contributed by atoms with Gasteiger partial charge < -0.3 is 9.15 Å². The summed E-state index contributed by atoms with van der Waals surface area (Å²) in [5.41, 5.74) is -1.78. The zero-order valence-corrected chi connectivity index (χ0v) is 22.3. The highest BCUT2D eigenvalue weighted by Crippen LogP contribution is 2.35. The number of hydrogen-bond donors (Lipinski definition) is 1. The van der Waals surface area contributed by atoms with E-state index in [1.165, 1.54) is 24.7 Å². The number of nitrogens with zero attached hydrogens (tertiary/aromatic N) is 3. The lowest BCUT2D eigenvalue weighted by Crippen LogP contribution is -2.32. The van der Waals surface area contributed by atoms with Crippen LogP contribution in [0.15, 0.2) is 68.7 Å². The van der Waals surface area contributed by atoms with Crippen LogP contribution < -0.4 is 10.9 Å². The van der Waals surface area contributed by atoms with E-state index in [1.807, 2.05) is 13.0 Å². The van der Waals surface area contributed by atoms with Crippen LogP contribution in [-0.2, 0) is 10.9 Å². The highest BCUT2D eigenvalue weighted by Gasteiger charge is 2.35. The summed E-state index contributed by atoms with van der Waals surface area (Å²) in [4.78, 5) is 29.8. The number of amides is 1. The van der Waals surface area contributed by atoms with E-state index in [2.05, 4.69) is 31.3 Å². The fourth-order valence-corrected chi connectivity index (χ4v) is 4.00. The van der Waals surface area contributed by atoms with E-state index >= 15 is 0 Å². The molecule has 0 fully saturated rings. The Hall–Kier alpha value is -3.93. The van der Waals surface area contributed by atoms with E-state index in [0.717, 1.165) is 17.7 Å². The number of rotatable bonds is 4. The Kier molecular flexibility index (Phi) is 7.20. The molecule has 0 aliphatic rings. The molecule has 2 heterocycles. The highest BCUT2D eigenvalue weighted by atomic mass is 79.9. The third-order valence-electron chi connectivity index (χ3n) is 5.13. The van der Waals surface area contributed by atoms with Crippen molar-refractivity contribution in [3.63, 3.8) is 0 Å². The number of oxazole rings is 1. The molecule has 0 aliphatic heterocycles. The van der Waals surface area contributed by atoms with Crippen molar-refractivity contribution in [3.05, 3.63) is 81.0 Å². The maximum absolute atomic E-state index is 13.9. The minimum Gasteiger partial charge on any atom is -0.444 e. The predicted molar refractivity (Wildman–Crippen MR) is 138 cm³/mol. The van der Waals surface area contributed by atoms with Gasteiger partial charge in [-0.05, 0) is 75.7 Å². The van der Waals surface area contributed by atoms with Gasteiger partial charge in [0, 0.05) is 15.6 Å². The monoisotopic (exact) mass is 590 g/mol. The molecule has 4 rings (SSSR count). The number of carbonyl (C=O) groups excluding carboxylic acids is 1. The third kappa shape index (κ3) is 6.13. The van der Waals surface area contributed by atoms with Gasteiger partial charge in [-0.2, -0.15) is 23.0 Å². The van der Waals surface area contributed by atoms with Gasteiger partial charge in [0.2, 0.25) is 0 Å². The van der Waals surface area contributed by atoms with Gasteiger partial charge in [0.05, 0.1) is 23.1 Å². The molecule has 2 aromatic heterocycles. The summed E-state index contributed by atoms with van der Waals surface area (Å²) in [6, 6.07) is 9.73. The molecule has 38 heavy (non-hydrogen) atoms. The summed E-state index contributed by atoms with van der Waals surface area (Å²) < 4.78 is 53.3. The minimum absolute atomic E-state index is 0.119. The first-order chi connectivity index (χ1) is 17.7. The fourth-order valence-electron chi connectivity index (χ4n) is 3.65. The lowest BCUT2D eigenvalue weighted by molar-refractivity contribution is -0.137. The number of hydrogen-bond acceptors (Lipinski definition) is 6. The van der Waals surface area contributed by atoms with Crippen molar-refractivity contribution in [2.24, 2.45) is 0 Å². The van der Waals surface area contributed by atoms with Crippen molar-refractivity contribution >= 4 is 27.7 Å². The Morgan fingerprint density at radius 3 is 2.42 bits per heavy atom. The van der Waals surface area contributed by atoms with Gasteiger partial charge in [-0.1, -0.05) is 15.9 Å². The Morgan fingerprint density at radius 2 is 1.79 bits per heavy atom. The van der Waals surface area contributed by atoms with E-state index in [9.17, 15) is 22.8 Å². The Labute approximate surface area is 223 Å². The average Bonchev–Trinajstić information content (AvgIpc) is 3.33. The maximum atomic E-state index is 13.9. The number of nitrogens with one attached hydrogen (secondary N) is 1. The second-order valence-corrected chi connectivity index (χ2v) is 10.3. The molecule has 4 aromatic rings. The van der Waals surface area contributed by atoms with Crippen molar-refractivity contribution in [1.29, 1.82) is 0 Å². The molecule has 2 aromatic carbocycles. The Bertz CT molecular complexity index is 1560. The summed E-state index contributed by atoms with van der Waals surface area (Å²) in [5, 5.41) is 6.64. The average molecular weight is 591 g/mol. The van der Waals surface area contributed by atoms with Crippen LogP contribution in [0.4, 0.5) is 23.7 Å². The first-order valence-corrected chi connectivity index (χ1v) is 12.0. The summed E-state index contributed by atoms with van der Waals surface area (Å²) in [7, 11) is 0. The van der Waals surface area contributed by atoms with Gasteiger partial charge >= 0.3 is 12.3 Å². The maximum Gasteiger partial charge on any atom is 0.418 e. The first-order valence-electron chi connectivity index (χ1n) is 11.2. The summed E-state index contributed by atoms with van der Waals surface area (Å²) in [6.07, 6.45) is -2.95.